The maximum absolute atomic E-state index is 12.9. The molecule has 0 radical (unpaired) electrons. The molecule has 1 aliphatic rings. The minimum Gasteiger partial charge on any atom is -0.480 e. The van der Waals surface area contributed by atoms with Crippen molar-refractivity contribution in [1.29, 1.82) is 0 Å². The van der Waals surface area contributed by atoms with E-state index < -0.39 is 23.6 Å². The van der Waals surface area contributed by atoms with E-state index in [0.29, 0.717) is 19.4 Å². The van der Waals surface area contributed by atoms with E-state index in [2.05, 4.69) is 5.32 Å². The van der Waals surface area contributed by atoms with E-state index in [9.17, 15) is 19.5 Å². The molecule has 7 heteroatoms. The molecule has 0 spiro atoms. The number of nitrogens with zero attached hydrogens (tertiary/aromatic N) is 1. The predicted molar refractivity (Wildman–Crippen MR) is 95.4 cm³/mol. The van der Waals surface area contributed by atoms with Gasteiger partial charge in [-0.15, -0.1) is 0 Å². The van der Waals surface area contributed by atoms with Crippen molar-refractivity contribution in [1.82, 2.24) is 10.2 Å². The van der Waals surface area contributed by atoms with Crippen LogP contribution in [0.2, 0.25) is 0 Å². The highest BCUT2D eigenvalue weighted by molar-refractivity contribution is 5.91. The summed E-state index contributed by atoms with van der Waals surface area (Å²) in [4.78, 5) is 38.0. The summed E-state index contributed by atoms with van der Waals surface area (Å²) >= 11 is 0. The lowest BCUT2D eigenvalue weighted by Gasteiger charge is -2.35. The van der Waals surface area contributed by atoms with Gasteiger partial charge in [0.2, 0.25) is 5.91 Å². The molecule has 7 nitrogen and oxygen atoms in total. The van der Waals surface area contributed by atoms with Crippen LogP contribution in [0.1, 0.15) is 39.2 Å². The number of carbonyl (C=O) groups is 3. The lowest BCUT2D eigenvalue weighted by molar-refractivity contribution is -0.156. The third kappa shape index (κ3) is 4.33. The van der Waals surface area contributed by atoms with Crippen molar-refractivity contribution >= 4 is 18.0 Å². The molecule has 2 N–H and O–H groups in total. The Morgan fingerprint density at radius 3 is 2.50 bits per heavy atom. The highest BCUT2D eigenvalue weighted by atomic mass is 16.5. The summed E-state index contributed by atoms with van der Waals surface area (Å²) in [6.45, 7) is 5.61. The fourth-order valence-electron chi connectivity index (χ4n) is 3.11. The van der Waals surface area contributed by atoms with Crippen LogP contribution in [0.25, 0.3) is 0 Å². The second kappa shape index (κ2) is 8.21. The van der Waals surface area contributed by atoms with Crippen LogP contribution >= 0.6 is 0 Å². The molecule has 1 heterocycles. The summed E-state index contributed by atoms with van der Waals surface area (Å²) in [5.41, 5.74) is -0.395. The van der Waals surface area contributed by atoms with Crippen molar-refractivity contribution in [2.75, 3.05) is 6.54 Å². The zero-order valence-corrected chi connectivity index (χ0v) is 15.4. The Bertz CT molecular complexity index is 661. The number of benzene rings is 1. The summed E-state index contributed by atoms with van der Waals surface area (Å²) < 4.78 is 5.18. The number of hydrogen-bond donors (Lipinski definition) is 2. The molecule has 1 aromatic carbocycles. The second-order valence-corrected chi connectivity index (χ2v) is 7.10. The molecule has 2 amide bonds. The fourth-order valence-corrected chi connectivity index (χ4v) is 3.11. The first kappa shape index (κ1) is 19.8. The average Bonchev–Trinajstić information content (AvgIpc) is 3.01. The van der Waals surface area contributed by atoms with E-state index in [1.807, 2.05) is 30.3 Å². The molecule has 1 fully saturated rings. The third-order valence-corrected chi connectivity index (χ3v) is 4.79. The van der Waals surface area contributed by atoms with Gasteiger partial charge in [-0.1, -0.05) is 44.2 Å². The molecule has 2 rings (SSSR count). The highest BCUT2D eigenvalue weighted by Crippen LogP contribution is 2.30. The normalized spacial score (nSPS) is 20.7. The molecule has 26 heavy (non-hydrogen) atoms. The van der Waals surface area contributed by atoms with Gasteiger partial charge >= 0.3 is 12.1 Å². The van der Waals surface area contributed by atoms with Crippen LogP contribution in [-0.2, 0) is 20.9 Å². The number of likely N-dealkylation sites (tertiary alicyclic amines) is 1. The van der Waals surface area contributed by atoms with Gasteiger partial charge < -0.3 is 20.1 Å². The van der Waals surface area contributed by atoms with Gasteiger partial charge in [0, 0.05) is 6.54 Å². The largest absolute Gasteiger partial charge is 0.480 e. The van der Waals surface area contributed by atoms with Gasteiger partial charge in [-0.05, 0) is 31.2 Å². The standard InChI is InChI=1S/C19H26N2O5/c1-13(2)15(16(22)21-11-7-10-19(21,3)17(23)24)20-18(25)26-12-14-8-5-4-6-9-14/h4-6,8-9,13,15H,7,10-12H2,1-3H3,(H,20,25)(H,23,24)/t15-,19-/m0/s1. The summed E-state index contributed by atoms with van der Waals surface area (Å²) in [5, 5.41) is 12.1. The Morgan fingerprint density at radius 1 is 1.27 bits per heavy atom. The van der Waals surface area contributed by atoms with Gasteiger partial charge in [-0.2, -0.15) is 0 Å². The summed E-state index contributed by atoms with van der Waals surface area (Å²) in [6, 6.07) is 8.39. The monoisotopic (exact) mass is 362 g/mol. The number of alkyl carbamates (subject to hydrolysis) is 1. The second-order valence-electron chi connectivity index (χ2n) is 7.10. The van der Waals surface area contributed by atoms with Crippen molar-refractivity contribution in [3.63, 3.8) is 0 Å². The molecule has 0 aliphatic carbocycles. The fraction of sp³-hybridized carbons (Fsp3) is 0.526. The van der Waals surface area contributed by atoms with Crippen molar-refractivity contribution < 1.29 is 24.2 Å². The van der Waals surface area contributed by atoms with Gasteiger partial charge in [0.05, 0.1) is 0 Å². The molecular weight excluding hydrogens is 336 g/mol. The van der Waals surface area contributed by atoms with Crippen molar-refractivity contribution in [3.8, 4) is 0 Å². The van der Waals surface area contributed by atoms with Crippen LogP contribution in [0.4, 0.5) is 4.79 Å². The molecule has 0 bridgehead atoms. The first-order valence-electron chi connectivity index (χ1n) is 8.78. The SMILES string of the molecule is CC(C)[C@H](NC(=O)OCc1ccccc1)C(=O)N1CCC[C@@]1(C)C(=O)O. The maximum Gasteiger partial charge on any atom is 0.408 e. The Labute approximate surface area is 153 Å². The number of rotatable bonds is 6. The minimum absolute atomic E-state index is 0.0994. The maximum atomic E-state index is 12.9. The van der Waals surface area contributed by atoms with Crippen LogP contribution in [0.3, 0.4) is 0 Å². The van der Waals surface area contributed by atoms with Gasteiger partial charge in [0.1, 0.15) is 18.2 Å². The first-order chi connectivity index (χ1) is 12.3. The molecule has 1 aromatic rings. The molecular formula is C19H26N2O5. The van der Waals surface area contributed by atoms with Gasteiger partial charge in [0.25, 0.3) is 0 Å². The predicted octanol–water partition coefficient (Wildman–Crippen LogP) is 2.40. The Morgan fingerprint density at radius 2 is 1.92 bits per heavy atom. The number of ether oxygens (including phenoxy) is 1. The van der Waals surface area contributed by atoms with E-state index in [0.717, 1.165) is 5.56 Å². The van der Waals surface area contributed by atoms with Crippen LogP contribution in [0.15, 0.2) is 30.3 Å². The molecule has 142 valence electrons. The van der Waals surface area contributed by atoms with E-state index in [-0.39, 0.29) is 18.4 Å². The molecule has 0 unspecified atom stereocenters. The van der Waals surface area contributed by atoms with Crippen LogP contribution in [0.5, 0.6) is 0 Å². The van der Waals surface area contributed by atoms with Crippen molar-refractivity contribution in [2.24, 2.45) is 5.92 Å². The van der Waals surface area contributed by atoms with Crippen molar-refractivity contribution in [3.05, 3.63) is 35.9 Å². The Hall–Kier alpha value is -2.57. The summed E-state index contributed by atoms with van der Waals surface area (Å²) in [5.74, 6) is -1.62. The molecule has 0 saturated carbocycles. The minimum atomic E-state index is -1.24. The lowest BCUT2D eigenvalue weighted by atomic mass is 9.96. The Kier molecular flexibility index (Phi) is 6.23. The van der Waals surface area contributed by atoms with Crippen LogP contribution in [-0.4, -0.2) is 46.1 Å². The lowest BCUT2D eigenvalue weighted by Crippen LogP contribution is -2.58. The molecule has 1 saturated heterocycles. The number of aliphatic carboxylic acids is 1. The smallest absolute Gasteiger partial charge is 0.408 e. The number of carbonyl (C=O) groups excluding carboxylic acids is 2. The molecule has 2 atom stereocenters. The number of hydrogen-bond acceptors (Lipinski definition) is 4. The van der Waals surface area contributed by atoms with E-state index in [1.165, 1.54) is 4.90 Å². The average molecular weight is 362 g/mol. The van der Waals surface area contributed by atoms with Crippen LogP contribution in [0, 0.1) is 5.92 Å². The topological polar surface area (TPSA) is 95.9 Å². The van der Waals surface area contributed by atoms with Gasteiger partial charge in [-0.3, -0.25) is 4.79 Å². The molecule has 0 aromatic heterocycles. The first-order valence-corrected chi connectivity index (χ1v) is 8.78. The summed E-state index contributed by atoms with van der Waals surface area (Å²) in [6.07, 6.45) is 0.326. The van der Waals surface area contributed by atoms with Crippen molar-refractivity contribution in [2.45, 2.75) is 51.8 Å². The number of amides is 2. The summed E-state index contributed by atoms with van der Waals surface area (Å²) in [7, 11) is 0. The zero-order chi connectivity index (χ0) is 19.3. The van der Waals surface area contributed by atoms with E-state index in [4.69, 9.17) is 4.74 Å². The number of nitrogens with one attached hydrogen (secondary N) is 1. The van der Waals surface area contributed by atoms with E-state index >= 15 is 0 Å². The Balaban J connectivity index is 2.02. The quantitative estimate of drug-likeness (QED) is 0.810. The number of carboxylic acid groups (broad SMARTS) is 1. The van der Waals surface area contributed by atoms with Crippen LogP contribution < -0.4 is 5.32 Å². The highest BCUT2D eigenvalue weighted by Gasteiger charge is 2.48. The third-order valence-electron chi connectivity index (χ3n) is 4.79. The number of carboxylic acids is 1. The zero-order valence-electron chi connectivity index (χ0n) is 15.4. The molecule has 1 aliphatic heterocycles. The van der Waals surface area contributed by atoms with Gasteiger partial charge in [-0.25, -0.2) is 9.59 Å². The van der Waals surface area contributed by atoms with E-state index in [1.54, 1.807) is 20.8 Å². The van der Waals surface area contributed by atoms with Gasteiger partial charge in [0.15, 0.2) is 0 Å².